The minimum atomic E-state index is 0.522. The Hall–Kier alpha value is -1.15. The molecule has 0 spiro atoms. The molecule has 2 nitrogen and oxygen atoms in total. The van der Waals surface area contributed by atoms with Crippen molar-refractivity contribution in [2.24, 2.45) is 0 Å². The molecule has 1 aliphatic rings. The summed E-state index contributed by atoms with van der Waals surface area (Å²) in [5, 5.41) is 0. The van der Waals surface area contributed by atoms with E-state index in [0.29, 0.717) is 12.0 Å². The molecule has 1 aromatic rings. The molecule has 0 amide bonds. The highest BCUT2D eigenvalue weighted by Gasteiger charge is 2.33. The van der Waals surface area contributed by atoms with E-state index in [0.717, 1.165) is 18.3 Å². The lowest BCUT2D eigenvalue weighted by atomic mass is 9.74. The molecule has 0 aromatic heterocycles. The molecule has 2 rings (SSSR count). The zero-order valence-corrected chi connectivity index (χ0v) is 14.5. The van der Waals surface area contributed by atoms with Crippen LogP contribution in [0.3, 0.4) is 0 Å². The van der Waals surface area contributed by atoms with Gasteiger partial charge in [-0.25, -0.2) is 0 Å². The molecule has 0 saturated carbocycles. The summed E-state index contributed by atoms with van der Waals surface area (Å²) in [6.45, 7) is 9.16. The summed E-state index contributed by atoms with van der Waals surface area (Å²) >= 11 is 0. The van der Waals surface area contributed by atoms with E-state index in [1.54, 1.807) is 0 Å². The van der Waals surface area contributed by atoms with E-state index < -0.39 is 0 Å². The molecule has 0 bridgehead atoms. The Morgan fingerprint density at radius 3 is 2.45 bits per heavy atom. The highest BCUT2D eigenvalue weighted by Crippen LogP contribution is 2.39. The van der Waals surface area contributed by atoms with Crippen LogP contribution in [0.5, 0.6) is 0 Å². The molecule has 1 aliphatic carbocycles. The van der Waals surface area contributed by atoms with Gasteiger partial charge in [0, 0.05) is 17.5 Å². The van der Waals surface area contributed by atoms with Gasteiger partial charge in [0.15, 0.2) is 0 Å². The number of fused-ring (bicyclic) bond motifs is 1. The number of benzene rings is 1. The first-order chi connectivity index (χ1) is 10.8. The van der Waals surface area contributed by atoms with Crippen molar-refractivity contribution < 1.29 is 4.79 Å². The summed E-state index contributed by atoms with van der Waals surface area (Å²) in [6, 6.07) is 6.88. The van der Waals surface area contributed by atoms with Crippen molar-refractivity contribution in [2.75, 3.05) is 13.1 Å². The van der Waals surface area contributed by atoms with E-state index >= 15 is 0 Å². The first kappa shape index (κ1) is 17.2. The van der Waals surface area contributed by atoms with E-state index in [4.69, 9.17) is 0 Å². The molecular formula is C20H31NO. The molecule has 0 saturated heterocycles. The zero-order valence-electron chi connectivity index (χ0n) is 14.5. The summed E-state index contributed by atoms with van der Waals surface area (Å²) in [4.78, 5) is 14.2. The van der Waals surface area contributed by atoms with Crippen LogP contribution in [0.1, 0.15) is 80.3 Å². The lowest BCUT2D eigenvalue weighted by Gasteiger charge is -2.41. The van der Waals surface area contributed by atoms with Gasteiger partial charge in [-0.05, 0) is 56.3 Å². The zero-order chi connectivity index (χ0) is 15.9. The predicted octanol–water partition coefficient (Wildman–Crippen LogP) is 4.82. The second kappa shape index (κ2) is 8.47. The van der Waals surface area contributed by atoms with Gasteiger partial charge in [-0.3, -0.25) is 9.69 Å². The van der Waals surface area contributed by atoms with E-state index in [1.807, 2.05) is 12.1 Å². The van der Waals surface area contributed by atoms with Gasteiger partial charge < -0.3 is 0 Å². The van der Waals surface area contributed by atoms with E-state index in [1.165, 1.54) is 56.3 Å². The first-order valence-corrected chi connectivity index (χ1v) is 9.07. The average molecular weight is 301 g/mol. The lowest BCUT2D eigenvalue weighted by Crippen LogP contribution is -2.43. The smallest absolute Gasteiger partial charge is 0.150 e. The molecule has 22 heavy (non-hydrogen) atoms. The fraction of sp³-hybridized carbons (Fsp3) is 0.650. The Morgan fingerprint density at radius 1 is 1.14 bits per heavy atom. The van der Waals surface area contributed by atoms with Crippen LogP contribution in [0.25, 0.3) is 0 Å². The number of aldehydes is 1. The van der Waals surface area contributed by atoms with Crippen LogP contribution in [0.2, 0.25) is 0 Å². The third kappa shape index (κ3) is 3.60. The molecule has 1 aromatic carbocycles. The molecule has 2 heteroatoms. The van der Waals surface area contributed by atoms with Crippen molar-refractivity contribution in [2.45, 2.75) is 71.3 Å². The van der Waals surface area contributed by atoms with Gasteiger partial charge in [0.25, 0.3) is 0 Å². The van der Waals surface area contributed by atoms with E-state index in [9.17, 15) is 4.79 Å². The molecule has 2 atom stereocenters. The number of carbonyl (C=O) groups excluding carboxylic acids is 1. The lowest BCUT2D eigenvalue weighted by molar-refractivity contribution is 0.111. The number of hydrogen-bond donors (Lipinski definition) is 0. The largest absolute Gasteiger partial charge is 0.300 e. The van der Waals surface area contributed by atoms with Crippen molar-refractivity contribution in [3.05, 3.63) is 34.9 Å². The maximum absolute atomic E-state index is 11.5. The molecule has 0 radical (unpaired) electrons. The van der Waals surface area contributed by atoms with E-state index in [2.05, 4.69) is 31.7 Å². The Kier molecular flexibility index (Phi) is 6.63. The summed E-state index contributed by atoms with van der Waals surface area (Å²) < 4.78 is 0. The van der Waals surface area contributed by atoms with Gasteiger partial charge in [-0.2, -0.15) is 0 Å². The summed E-state index contributed by atoms with van der Waals surface area (Å²) in [5.74, 6) is 0.522. The number of rotatable bonds is 8. The molecule has 0 unspecified atom stereocenters. The van der Waals surface area contributed by atoms with Crippen molar-refractivity contribution in [3.63, 3.8) is 0 Å². The second-order valence-corrected chi connectivity index (χ2v) is 6.58. The number of carbonyl (C=O) groups is 1. The van der Waals surface area contributed by atoms with Gasteiger partial charge in [0.1, 0.15) is 6.29 Å². The first-order valence-electron chi connectivity index (χ1n) is 9.07. The van der Waals surface area contributed by atoms with Crippen molar-refractivity contribution >= 4 is 6.29 Å². The SMILES string of the molecule is CCC[C@H]1c2c(C=O)cccc2CC[C@H]1N(CCC)CCC. The fourth-order valence-electron chi connectivity index (χ4n) is 4.21. The minimum Gasteiger partial charge on any atom is -0.300 e. The van der Waals surface area contributed by atoms with Gasteiger partial charge in [-0.1, -0.05) is 45.4 Å². The van der Waals surface area contributed by atoms with Crippen LogP contribution in [-0.2, 0) is 6.42 Å². The fourth-order valence-corrected chi connectivity index (χ4v) is 4.21. The Bertz CT molecular complexity index is 477. The molecule has 0 N–H and O–H groups in total. The topological polar surface area (TPSA) is 20.3 Å². The Morgan fingerprint density at radius 2 is 1.86 bits per heavy atom. The van der Waals surface area contributed by atoms with E-state index in [-0.39, 0.29) is 0 Å². The predicted molar refractivity (Wildman–Crippen MR) is 93.7 cm³/mol. The normalized spacial score (nSPS) is 20.9. The number of aryl methyl sites for hydroxylation is 1. The quantitative estimate of drug-likeness (QED) is 0.642. The Labute approximate surface area is 135 Å². The van der Waals surface area contributed by atoms with Crippen LogP contribution < -0.4 is 0 Å². The van der Waals surface area contributed by atoms with Gasteiger partial charge in [-0.15, -0.1) is 0 Å². The standard InChI is InChI=1S/C20H31NO/c1-4-8-18-19(21(13-5-2)14-6-3)12-11-16-9-7-10-17(15-22)20(16)18/h7,9-10,15,18-19H,4-6,8,11-14H2,1-3H3/t18-,19-/m1/s1. The van der Waals surface area contributed by atoms with Crippen LogP contribution in [0.4, 0.5) is 0 Å². The molecule has 0 fully saturated rings. The number of hydrogen-bond acceptors (Lipinski definition) is 2. The van der Waals surface area contributed by atoms with Gasteiger partial charge in [0.05, 0.1) is 0 Å². The van der Waals surface area contributed by atoms with Crippen LogP contribution in [-0.4, -0.2) is 30.3 Å². The highest BCUT2D eigenvalue weighted by molar-refractivity contribution is 5.78. The second-order valence-electron chi connectivity index (χ2n) is 6.58. The van der Waals surface area contributed by atoms with Gasteiger partial charge >= 0.3 is 0 Å². The molecule has 0 aliphatic heterocycles. The van der Waals surface area contributed by atoms with Crippen LogP contribution >= 0.6 is 0 Å². The molecule has 122 valence electrons. The highest BCUT2D eigenvalue weighted by atomic mass is 16.1. The summed E-state index contributed by atoms with van der Waals surface area (Å²) in [7, 11) is 0. The summed E-state index contributed by atoms with van der Waals surface area (Å²) in [5.41, 5.74) is 3.69. The maximum atomic E-state index is 11.5. The maximum Gasteiger partial charge on any atom is 0.150 e. The van der Waals surface area contributed by atoms with Crippen LogP contribution in [0, 0.1) is 0 Å². The molecule has 0 heterocycles. The average Bonchev–Trinajstić information content (AvgIpc) is 2.54. The van der Waals surface area contributed by atoms with Gasteiger partial charge in [0.2, 0.25) is 0 Å². The van der Waals surface area contributed by atoms with Crippen LogP contribution in [0.15, 0.2) is 18.2 Å². The number of nitrogens with zero attached hydrogens (tertiary/aromatic N) is 1. The third-order valence-electron chi connectivity index (χ3n) is 4.99. The van der Waals surface area contributed by atoms with Crippen molar-refractivity contribution in [1.29, 1.82) is 0 Å². The summed E-state index contributed by atoms with van der Waals surface area (Å²) in [6.07, 6.45) is 8.20. The monoisotopic (exact) mass is 301 g/mol. The van der Waals surface area contributed by atoms with Crippen molar-refractivity contribution in [1.82, 2.24) is 4.90 Å². The molecular weight excluding hydrogens is 270 g/mol. The third-order valence-corrected chi connectivity index (χ3v) is 4.99. The minimum absolute atomic E-state index is 0.522. The Balaban J connectivity index is 2.38. The van der Waals surface area contributed by atoms with Crippen molar-refractivity contribution in [3.8, 4) is 0 Å².